The maximum atomic E-state index is 6.52. The monoisotopic (exact) mass is 454 g/mol. The van der Waals surface area contributed by atoms with Crippen LogP contribution in [0.2, 0.25) is 10.0 Å². The van der Waals surface area contributed by atoms with Crippen LogP contribution >= 0.6 is 23.2 Å². The van der Waals surface area contributed by atoms with E-state index in [0.29, 0.717) is 33.7 Å². The van der Waals surface area contributed by atoms with Crippen LogP contribution in [0, 0.1) is 0 Å². The number of benzene rings is 3. The molecule has 3 aromatic rings. The third-order valence-electron chi connectivity index (χ3n) is 5.61. The highest BCUT2D eigenvalue weighted by molar-refractivity contribution is 6.35. The van der Waals surface area contributed by atoms with Gasteiger partial charge in [-0.05, 0) is 30.3 Å². The van der Waals surface area contributed by atoms with E-state index in [0.717, 1.165) is 22.4 Å². The number of nitrogens with zero attached hydrogens (tertiary/aromatic N) is 2. The highest BCUT2D eigenvalue weighted by Gasteiger charge is 2.42. The first-order valence-corrected chi connectivity index (χ1v) is 10.6. The molecule has 0 aromatic heterocycles. The zero-order valence-electron chi connectivity index (χ0n) is 17.0. The minimum absolute atomic E-state index is 0.0479. The molecule has 0 fully saturated rings. The first-order chi connectivity index (χ1) is 15.1. The average molecular weight is 455 g/mol. The van der Waals surface area contributed by atoms with Crippen molar-refractivity contribution < 1.29 is 14.2 Å². The van der Waals surface area contributed by atoms with Crippen LogP contribution in [0.15, 0.2) is 65.8 Å². The van der Waals surface area contributed by atoms with Crippen molar-refractivity contribution in [3.05, 3.63) is 87.4 Å². The zero-order chi connectivity index (χ0) is 21.5. The number of methoxy groups -OCH3 is 2. The van der Waals surface area contributed by atoms with Crippen molar-refractivity contribution in [2.24, 2.45) is 5.10 Å². The molecule has 2 atom stereocenters. The fraction of sp³-hybridized carbons (Fsp3) is 0.208. The predicted octanol–water partition coefficient (Wildman–Crippen LogP) is 6.25. The Balaban J connectivity index is 1.61. The molecule has 0 N–H and O–H groups in total. The molecule has 0 saturated carbocycles. The van der Waals surface area contributed by atoms with E-state index in [1.165, 1.54) is 0 Å². The average Bonchev–Trinajstić information content (AvgIpc) is 3.24. The lowest BCUT2D eigenvalue weighted by Crippen LogP contribution is -2.33. The van der Waals surface area contributed by atoms with E-state index in [-0.39, 0.29) is 6.04 Å². The second-order valence-electron chi connectivity index (χ2n) is 7.40. The van der Waals surface area contributed by atoms with Crippen LogP contribution in [0.4, 0.5) is 0 Å². The summed E-state index contributed by atoms with van der Waals surface area (Å²) in [6.45, 7) is 0. The normalized spacial score (nSPS) is 19.2. The number of hydrazone groups is 1. The molecule has 158 valence electrons. The highest BCUT2D eigenvalue weighted by Crippen LogP contribution is 2.51. The summed E-state index contributed by atoms with van der Waals surface area (Å²) in [6, 6.07) is 19.4. The first-order valence-electron chi connectivity index (χ1n) is 9.88. The van der Waals surface area contributed by atoms with Gasteiger partial charge in [-0.3, -0.25) is 0 Å². The Morgan fingerprint density at radius 2 is 1.74 bits per heavy atom. The second-order valence-corrected chi connectivity index (χ2v) is 8.25. The molecular formula is C24H20Cl2N2O3. The molecule has 7 heteroatoms. The Hall–Kier alpha value is -2.89. The van der Waals surface area contributed by atoms with Gasteiger partial charge in [0.2, 0.25) is 6.23 Å². The van der Waals surface area contributed by atoms with Gasteiger partial charge in [-0.2, -0.15) is 5.10 Å². The number of hydrogen-bond acceptors (Lipinski definition) is 5. The standard InChI is InChI=1S/C24H20Cl2N2O3/c1-29-21-9-8-15(10-22(21)30-2)19-13-20-17-11-16(25)12-18(26)23(17)31-24(28(20)27-19)14-6-4-3-5-7-14/h3-12,20,24H,13H2,1-2H3/t20-,24-/m1/s1. The van der Waals surface area contributed by atoms with Crippen molar-refractivity contribution in [3.8, 4) is 17.2 Å². The molecule has 0 bridgehead atoms. The molecule has 0 aliphatic carbocycles. The number of fused-ring (bicyclic) bond motifs is 3. The molecule has 2 heterocycles. The second kappa shape index (κ2) is 7.98. The number of hydrogen-bond donors (Lipinski definition) is 0. The topological polar surface area (TPSA) is 43.3 Å². The molecular weight excluding hydrogens is 435 g/mol. The maximum Gasteiger partial charge on any atom is 0.213 e. The first kappa shape index (κ1) is 20.0. The number of halogens is 2. The van der Waals surface area contributed by atoms with Crippen molar-refractivity contribution in [3.63, 3.8) is 0 Å². The molecule has 0 unspecified atom stereocenters. The van der Waals surface area contributed by atoms with Crippen LogP contribution in [-0.4, -0.2) is 24.9 Å². The van der Waals surface area contributed by atoms with Gasteiger partial charge in [-0.15, -0.1) is 0 Å². The molecule has 0 radical (unpaired) electrons. The van der Waals surface area contributed by atoms with E-state index >= 15 is 0 Å². The van der Waals surface area contributed by atoms with Gasteiger partial charge in [0.05, 0.1) is 31.0 Å². The quantitative estimate of drug-likeness (QED) is 0.466. The Morgan fingerprint density at radius 3 is 2.48 bits per heavy atom. The third kappa shape index (κ3) is 3.48. The van der Waals surface area contributed by atoms with Crippen LogP contribution in [0.1, 0.15) is 35.4 Å². The van der Waals surface area contributed by atoms with Crippen LogP contribution in [-0.2, 0) is 0 Å². The maximum absolute atomic E-state index is 6.52. The van der Waals surface area contributed by atoms with Crippen molar-refractivity contribution in [1.82, 2.24) is 5.01 Å². The lowest BCUT2D eigenvalue weighted by molar-refractivity contribution is -0.0189. The number of rotatable bonds is 4. The lowest BCUT2D eigenvalue weighted by Gasteiger charge is -2.38. The van der Waals surface area contributed by atoms with Crippen LogP contribution < -0.4 is 14.2 Å². The van der Waals surface area contributed by atoms with Crippen molar-refractivity contribution >= 4 is 28.9 Å². The van der Waals surface area contributed by atoms with Crippen LogP contribution in [0.5, 0.6) is 17.2 Å². The van der Waals surface area contributed by atoms with Gasteiger partial charge in [-0.1, -0.05) is 53.5 Å². The fourth-order valence-corrected chi connectivity index (χ4v) is 4.70. The Bertz CT molecular complexity index is 1170. The summed E-state index contributed by atoms with van der Waals surface area (Å²) in [4.78, 5) is 0. The van der Waals surface area contributed by atoms with Crippen molar-refractivity contribution in [1.29, 1.82) is 0 Å². The third-order valence-corrected chi connectivity index (χ3v) is 6.11. The smallest absolute Gasteiger partial charge is 0.213 e. The Kier molecular flexibility index (Phi) is 5.16. The van der Waals surface area contributed by atoms with Gasteiger partial charge >= 0.3 is 0 Å². The van der Waals surface area contributed by atoms with Gasteiger partial charge in [0, 0.05) is 28.1 Å². The van der Waals surface area contributed by atoms with Gasteiger partial charge in [-0.25, -0.2) is 5.01 Å². The van der Waals surface area contributed by atoms with Gasteiger partial charge in [0.15, 0.2) is 11.5 Å². The van der Waals surface area contributed by atoms with E-state index in [9.17, 15) is 0 Å². The van der Waals surface area contributed by atoms with Crippen molar-refractivity contribution in [2.75, 3.05) is 14.2 Å². The summed E-state index contributed by atoms with van der Waals surface area (Å²) >= 11 is 12.8. The summed E-state index contributed by atoms with van der Waals surface area (Å²) in [5.41, 5.74) is 3.83. The highest BCUT2D eigenvalue weighted by atomic mass is 35.5. The van der Waals surface area contributed by atoms with E-state index < -0.39 is 6.23 Å². The number of ether oxygens (including phenoxy) is 3. The Labute approximate surface area is 190 Å². The van der Waals surface area contributed by atoms with Crippen molar-refractivity contribution in [2.45, 2.75) is 18.7 Å². The predicted molar refractivity (Wildman–Crippen MR) is 122 cm³/mol. The SMILES string of the molecule is COc1ccc(C2=NN3[C@H](C2)c2cc(Cl)cc(Cl)c2O[C@@H]3c2ccccc2)cc1OC. The van der Waals surface area contributed by atoms with E-state index in [4.69, 9.17) is 42.5 Å². The molecule has 5 nitrogen and oxygen atoms in total. The summed E-state index contributed by atoms with van der Waals surface area (Å²) in [7, 11) is 3.25. The molecule has 0 saturated heterocycles. The van der Waals surface area contributed by atoms with Crippen LogP contribution in [0.3, 0.4) is 0 Å². The fourth-order valence-electron chi connectivity index (χ4n) is 4.14. The zero-order valence-corrected chi connectivity index (χ0v) is 18.5. The van der Waals surface area contributed by atoms with Crippen LogP contribution in [0.25, 0.3) is 0 Å². The summed E-state index contributed by atoms with van der Waals surface area (Å²) < 4.78 is 17.2. The summed E-state index contributed by atoms with van der Waals surface area (Å²) in [5, 5.41) is 8.04. The summed E-state index contributed by atoms with van der Waals surface area (Å²) in [6.07, 6.45) is 0.293. The largest absolute Gasteiger partial charge is 0.493 e. The van der Waals surface area contributed by atoms with Gasteiger partial charge in [0.25, 0.3) is 0 Å². The van der Waals surface area contributed by atoms with E-state index in [1.54, 1.807) is 20.3 Å². The minimum atomic E-state index is -0.394. The molecule has 5 rings (SSSR count). The molecule has 0 spiro atoms. The minimum Gasteiger partial charge on any atom is -0.493 e. The molecule has 2 aliphatic rings. The van der Waals surface area contributed by atoms with E-state index in [1.807, 2.05) is 59.6 Å². The molecule has 0 amide bonds. The Morgan fingerprint density at radius 1 is 0.968 bits per heavy atom. The molecule has 3 aromatic carbocycles. The molecule has 31 heavy (non-hydrogen) atoms. The lowest BCUT2D eigenvalue weighted by atomic mass is 9.95. The van der Waals surface area contributed by atoms with E-state index in [2.05, 4.69) is 0 Å². The summed E-state index contributed by atoms with van der Waals surface area (Å²) in [5.74, 6) is 2.00. The van der Waals surface area contributed by atoms with Gasteiger partial charge in [0.1, 0.15) is 5.75 Å². The molecule has 2 aliphatic heterocycles. The van der Waals surface area contributed by atoms with Gasteiger partial charge < -0.3 is 14.2 Å².